The Kier molecular flexibility index (Phi) is 6.21. The highest BCUT2D eigenvalue weighted by Crippen LogP contribution is 2.17. The van der Waals surface area contributed by atoms with Crippen molar-refractivity contribution in [3.05, 3.63) is 58.3 Å². The molecule has 0 aliphatic heterocycles. The van der Waals surface area contributed by atoms with E-state index in [0.29, 0.717) is 19.8 Å². The van der Waals surface area contributed by atoms with E-state index in [-0.39, 0.29) is 6.04 Å². The molecular formula is C16H21NO2S. The Balaban J connectivity index is 1.62. The molecule has 2 atom stereocenters. The van der Waals surface area contributed by atoms with Crippen LogP contribution in [-0.4, -0.2) is 24.4 Å². The van der Waals surface area contributed by atoms with E-state index in [1.54, 1.807) is 11.3 Å². The molecule has 4 heteroatoms. The van der Waals surface area contributed by atoms with Crippen LogP contribution in [0.15, 0.2) is 47.8 Å². The summed E-state index contributed by atoms with van der Waals surface area (Å²) in [6.45, 7) is 3.52. The number of benzene rings is 1. The van der Waals surface area contributed by atoms with Crippen LogP contribution in [0.3, 0.4) is 0 Å². The summed E-state index contributed by atoms with van der Waals surface area (Å²) in [5.41, 5.74) is 1.12. The maximum Gasteiger partial charge on any atom is 0.0898 e. The van der Waals surface area contributed by atoms with Gasteiger partial charge in [0.1, 0.15) is 0 Å². The molecule has 108 valence electrons. The smallest absolute Gasteiger partial charge is 0.0898 e. The molecule has 1 aromatic heterocycles. The number of thiophene rings is 1. The molecule has 0 radical (unpaired) electrons. The molecular weight excluding hydrogens is 270 g/mol. The molecule has 1 heterocycles. The minimum Gasteiger partial charge on any atom is -0.389 e. The molecule has 0 saturated heterocycles. The zero-order valence-corrected chi connectivity index (χ0v) is 12.5. The first-order valence-corrected chi connectivity index (χ1v) is 7.70. The predicted molar refractivity (Wildman–Crippen MR) is 82.8 cm³/mol. The van der Waals surface area contributed by atoms with Gasteiger partial charge in [0.15, 0.2) is 0 Å². The molecule has 1 aromatic carbocycles. The lowest BCUT2D eigenvalue weighted by Gasteiger charge is -2.16. The van der Waals surface area contributed by atoms with Gasteiger partial charge in [0.05, 0.1) is 19.3 Å². The van der Waals surface area contributed by atoms with Gasteiger partial charge in [-0.25, -0.2) is 0 Å². The Morgan fingerprint density at radius 3 is 2.70 bits per heavy atom. The van der Waals surface area contributed by atoms with Gasteiger partial charge in [0.25, 0.3) is 0 Å². The van der Waals surface area contributed by atoms with Gasteiger partial charge in [0, 0.05) is 17.5 Å². The van der Waals surface area contributed by atoms with Gasteiger partial charge in [-0.1, -0.05) is 36.4 Å². The lowest BCUT2D eigenvalue weighted by atomic mass is 10.2. The van der Waals surface area contributed by atoms with Crippen LogP contribution in [0, 0.1) is 0 Å². The van der Waals surface area contributed by atoms with Crippen LogP contribution in [-0.2, 0) is 11.3 Å². The van der Waals surface area contributed by atoms with Crippen LogP contribution in [0.2, 0.25) is 0 Å². The maximum absolute atomic E-state index is 9.89. The molecule has 0 aliphatic rings. The molecule has 0 fully saturated rings. The van der Waals surface area contributed by atoms with Crippen molar-refractivity contribution in [2.45, 2.75) is 25.7 Å². The van der Waals surface area contributed by atoms with Crippen molar-refractivity contribution in [2.24, 2.45) is 0 Å². The van der Waals surface area contributed by atoms with Crippen molar-refractivity contribution in [2.75, 3.05) is 13.2 Å². The second-order valence-corrected chi connectivity index (χ2v) is 5.78. The molecule has 20 heavy (non-hydrogen) atoms. The maximum atomic E-state index is 9.89. The zero-order chi connectivity index (χ0) is 14.2. The monoisotopic (exact) mass is 291 g/mol. The van der Waals surface area contributed by atoms with Crippen molar-refractivity contribution >= 4 is 11.3 Å². The third kappa shape index (κ3) is 5.06. The first-order chi connectivity index (χ1) is 9.75. The molecule has 2 rings (SSSR count). The number of aliphatic hydroxyl groups excluding tert-OH is 1. The number of ether oxygens (including phenoxy) is 1. The third-order valence-electron chi connectivity index (χ3n) is 3.05. The summed E-state index contributed by atoms with van der Waals surface area (Å²) >= 11 is 1.72. The van der Waals surface area contributed by atoms with Crippen LogP contribution >= 0.6 is 11.3 Å². The summed E-state index contributed by atoms with van der Waals surface area (Å²) < 4.78 is 5.52. The Bertz CT molecular complexity index is 472. The second-order valence-electron chi connectivity index (χ2n) is 4.80. The Morgan fingerprint density at radius 1 is 1.20 bits per heavy atom. The van der Waals surface area contributed by atoms with Crippen molar-refractivity contribution in [3.8, 4) is 0 Å². The highest BCUT2D eigenvalue weighted by molar-refractivity contribution is 7.10. The molecule has 3 nitrogen and oxygen atoms in total. The lowest BCUT2D eigenvalue weighted by molar-refractivity contribution is 0.0278. The van der Waals surface area contributed by atoms with Gasteiger partial charge >= 0.3 is 0 Å². The molecule has 2 N–H and O–H groups in total. The fraction of sp³-hybridized carbons (Fsp3) is 0.375. The third-order valence-corrected chi connectivity index (χ3v) is 4.11. The van der Waals surface area contributed by atoms with Gasteiger partial charge in [-0.3, -0.25) is 0 Å². The van der Waals surface area contributed by atoms with Gasteiger partial charge in [-0.05, 0) is 23.9 Å². The normalized spacial score (nSPS) is 14.1. The highest BCUT2D eigenvalue weighted by Gasteiger charge is 2.09. The highest BCUT2D eigenvalue weighted by atomic mass is 32.1. The topological polar surface area (TPSA) is 41.5 Å². The summed E-state index contributed by atoms with van der Waals surface area (Å²) in [7, 11) is 0. The van der Waals surface area contributed by atoms with Crippen molar-refractivity contribution in [3.63, 3.8) is 0 Å². The molecule has 0 aliphatic carbocycles. The van der Waals surface area contributed by atoms with E-state index >= 15 is 0 Å². The van der Waals surface area contributed by atoms with Crippen LogP contribution in [0.5, 0.6) is 0 Å². The first-order valence-electron chi connectivity index (χ1n) is 6.82. The van der Waals surface area contributed by atoms with Crippen molar-refractivity contribution in [1.29, 1.82) is 0 Å². The number of rotatable bonds is 8. The number of aliphatic hydroxyl groups is 1. The minimum absolute atomic E-state index is 0.263. The molecule has 0 bridgehead atoms. The summed E-state index contributed by atoms with van der Waals surface area (Å²) in [6.07, 6.45) is -0.485. The van der Waals surface area contributed by atoms with E-state index in [0.717, 1.165) is 5.56 Å². The SMILES string of the molecule is C[C@H](NCC(O)COCc1ccccc1)c1cccs1. The first kappa shape index (κ1) is 15.2. The Hall–Kier alpha value is -1.20. The Labute approximate surface area is 124 Å². The largest absolute Gasteiger partial charge is 0.389 e. The predicted octanol–water partition coefficient (Wildman–Crippen LogP) is 2.98. The summed E-state index contributed by atoms with van der Waals surface area (Å²) in [5, 5.41) is 15.3. The van der Waals surface area contributed by atoms with Crippen LogP contribution < -0.4 is 5.32 Å². The van der Waals surface area contributed by atoms with E-state index < -0.39 is 6.10 Å². The summed E-state index contributed by atoms with van der Waals surface area (Å²) in [4.78, 5) is 1.28. The van der Waals surface area contributed by atoms with Gasteiger partial charge in [-0.15, -0.1) is 11.3 Å². The molecule has 0 saturated carbocycles. The van der Waals surface area contributed by atoms with Crippen LogP contribution in [0.4, 0.5) is 0 Å². The molecule has 2 aromatic rings. The zero-order valence-electron chi connectivity index (χ0n) is 11.7. The molecule has 1 unspecified atom stereocenters. The molecule has 0 spiro atoms. The fourth-order valence-corrected chi connectivity index (χ4v) is 2.66. The van der Waals surface area contributed by atoms with Crippen molar-refractivity contribution in [1.82, 2.24) is 5.32 Å². The van der Waals surface area contributed by atoms with Gasteiger partial charge < -0.3 is 15.2 Å². The quantitative estimate of drug-likeness (QED) is 0.785. The summed E-state index contributed by atoms with van der Waals surface area (Å²) in [6, 6.07) is 14.4. The van der Waals surface area contributed by atoms with E-state index in [9.17, 15) is 5.11 Å². The van der Waals surface area contributed by atoms with E-state index in [1.807, 2.05) is 36.4 Å². The Morgan fingerprint density at radius 2 is 2.00 bits per heavy atom. The van der Waals surface area contributed by atoms with E-state index in [4.69, 9.17) is 4.74 Å². The van der Waals surface area contributed by atoms with Gasteiger partial charge in [-0.2, -0.15) is 0 Å². The fourth-order valence-electron chi connectivity index (χ4n) is 1.90. The standard InChI is InChI=1S/C16H21NO2S/c1-13(16-8-5-9-20-16)17-10-15(18)12-19-11-14-6-3-2-4-7-14/h2-9,13,15,17-18H,10-12H2,1H3/t13-,15?/m0/s1. The van der Waals surface area contributed by atoms with Crippen LogP contribution in [0.25, 0.3) is 0 Å². The lowest BCUT2D eigenvalue weighted by Crippen LogP contribution is -2.31. The van der Waals surface area contributed by atoms with E-state index in [2.05, 4.69) is 23.7 Å². The molecule has 0 amide bonds. The average Bonchev–Trinajstić information content (AvgIpc) is 3.00. The summed E-state index contributed by atoms with van der Waals surface area (Å²) in [5.74, 6) is 0. The minimum atomic E-state index is -0.485. The van der Waals surface area contributed by atoms with Gasteiger partial charge in [0.2, 0.25) is 0 Å². The van der Waals surface area contributed by atoms with Crippen molar-refractivity contribution < 1.29 is 9.84 Å². The number of hydrogen-bond donors (Lipinski definition) is 2. The van der Waals surface area contributed by atoms with E-state index in [1.165, 1.54) is 4.88 Å². The number of hydrogen-bond acceptors (Lipinski definition) is 4. The number of nitrogens with one attached hydrogen (secondary N) is 1. The second kappa shape index (κ2) is 8.17. The van der Waals surface area contributed by atoms with Crippen LogP contribution in [0.1, 0.15) is 23.4 Å². The average molecular weight is 291 g/mol.